The molecule has 1 unspecified atom stereocenters. The topological polar surface area (TPSA) is 38.0 Å². The zero-order valence-corrected chi connectivity index (χ0v) is 16.7. The lowest BCUT2D eigenvalue weighted by molar-refractivity contribution is 0.465. The first-order valence-corrected chi connectivity index (χ1v) is 9.14. The van der Waals surface area contributed by atoms with Crippen LogP contribution in [0.3, 0.4) is 0 Å². The summed E-state index contributed by atoms with van der Waals surface area (Å²) in [6.45, 7) is 13.5. The van der Waals surface area contributed by atoms with Gasteiger partial charge in [0.05, 0.1) is 0 Å². The SMILES string of the molecule is C#CC.C=C(CC(C)C)NCCC1(CC)C=Cc2ccccc21.CN. The zero-order valence-electron chi connectivity index (χ0n) is 16.7. The van der Waals surface area contributed by atoms with E-state index in [2.05, 4.69) is 87.2 Å². The molecular weight excluding hydrogens is 304 g/mol. The summed E-state index contributed by atoms with van der Waals surface area (Å²) in [5.41, 5.74) is 8.75. The van der Waals surface area contributed by atoms with E-state index in [1.165, 1.54) is 23.9 Å². The summed E-state index contributed by atoms with van der Waals surface area (Å²) in [6.07, 6.45) is 12.6. The fourth-order valence-electron chi connectivity index (χ4n) is 3.17. The predicted molar refractivity (Wildman–Crippen MR) is 113 cm³/mol. The molecule has 0 saturated heterocycles. The van der Waals surface area contributed by atoms with Gasteiger partial charge in [-0.2, -0.15) is 0 Å². The van der Waals surface area contributed by atoms with Gasteiger partial charge in [-0.1, -0.05) is 63.8 Å². The van der Waals surface area contributed by atoms with Gasteiger partial charge in [-0.15, -0.1) is 12.3 Å². The van der Waals surface area contributed by atoms with Gasteiger partial charge < -0.3 is 11.1 Å². The van der Waals surface area contributed by atoms with Crippen molar-refractivity contribution < 1.29 is 0 Å². The van der Waals surface area contributed by atoms with Crippen LogP contribution in [0.5, 0.6) is 0 Å². The molecule has 3 N–H and O–H groups in total. The van der Waals surface area contributed by atoms with E-state index in [1.807, 2.05) is 0 Å². The van der Waals surface area contributed by atoms with Crippen LogP contribution in [-0.2, 0) is 5.41 Å². The molecule has 25 heavy (non-hydrogen) atoms. The van der Waals surface area contributed by atoms with Gasteiger partial charge in [0.25, 0.3) is 0 Å². The van der Waals surface area contributed by atoms with Gasteiger partial charge in [0.15, 0.2) is 0 Å². The van der Waals surface area contributed by atoms with Crippen molar-refractivity contribution >= 4 is 6.08 Å². The standard InChI is InChI=1S/C19H27N.C3H4.CH5N/c1-5-19(12-13-20-16(4)14-15(2)3)11-10-17-8-6-7-9-18(17)19;1-3-2;1-2/h6-11,15,20H,4-5,12-14H2,1-3H3;1H,2H3;2H2,1H3. The molecule has 1 aliphatic rings. The minimum absolute atomic E-state index is 0.210. The molecule has 0 amide bonds. The second-order valence-corrected chi connectivity index (χ2v) is 6.60. The molecule has 0 spiro atoms. The Morgan fingerprint density at radius 2 is 1.92 bits per heavy atom. The molecule has 0 aliphatic heterocycles. The minimum atomic E-state index is 0.210. The molecule has 2 rings (SSSR count). The van der Waals surface area contributed by atoms with Gasteiger partial charge >= 0.3 is 0 Å². The number of hydrogen-bond donors (Lipinski definition) is 2. The van der Waals surface area contributed by atoms with Gasteiger partial charge in [0, 0.05) is 17.7 Å². The summed E-state index contributed by atoms with van der Waals surface area (Å²) in [5.74, 6) is 2.92. The quantitative estimate of drug-likeness (QED) is 0.676. The maximum absolute atomic E-state index is 4.60. The number of nitrogens with one attached hydrogen (secondary N) is 1. The summed E-state index contributed by atoms with van der Waals surface area (Å²) in [5, 5.41) is 3.50. The Hall–Kier alpha value is -1.98. The highest BCUT2D eigenvalue weighted by atomic mass is 14.9. The van der Waals surface area contributed by atoms with Gasteiger partial charge in [0.2, 0.25) is 0 Å². The summed E-state index contributed by atoms with van der Waals surface area (Å²) in [6, 6.07) is 8.77. The van der Waals surface area contributed by atoms with Crippen molar-refractivity contribution in [3.8, 4) is 12.3 Å². The number of benzene rings is 1. The lowest BCUT2D eigenvalue weighted by atomic mass is 9.77. The van der Waals surface area contributed by atoms with E-state index in [0.717, 1.165) is 25.8 Å². The van der Waals surface area contributed by atoms with Crippen LogP contribution >= 0.6 is 0 Å². The van der Waals surface area contributed by atoms with Gasteiger partial charge in [-0.25, -0.2) is 0 Å². The lowest BCUT2D eigenvalue weighted by Crippen LogP contribution is -2.27. The van der Waals surface area contributed by atoms with Crippen molar-refractivity contribution in [1.29, 1.82) is 0 Å². The van der Waals surface area contributed by atoms with Crippen molar-refractivity contribution in [2.75, 3.05) is 13.6 Å². The fourth-order valence-corrected chi connectivity index (χ4v) is 3.17. The number of rotatable bonds is 7. The molecule has 1 aromatic rings. The van der Waals surface area contributed by atoms with E-state index in [-0.39, 0.29) is 5.41 Å². The molecule has 138 valence electrons. The Bertz CT molecular complexity index is 578. The van der Waals surface area contributed by atoms with Crippen molar-refractivity contribution in [2.24, 2.45) is 11.7 Å². The lowest BCUT2D eigenvalue weighted by Gasteiger charge is -2.28. The third-order valence-corrected chi connectivity index (χ3v) is 4.31. The Balaban J connectivity index is 0.00000104. The number of terminal acetylenes is 1. The van der Waals surface area contributed by atoms with Crippen LogP contribution < -0.4 is 11.1 Å². The van der Waals surface area contributed by atoms with Crippen molar-refractivity contribution in [3.63, 3.8) is 0 Å². The van der Waals surface area contributed by atoms with Crippen LogP contribution in [0.15, 0.2) is 42.6 Å². The van der Waals surface area contributed by atoms with E-state index in [4.69, 9.17) is 0 Å². The van der Waals surface area contributed by atoms with Crippen molar-refractivity contribution in [3.05, 3.63) is 53.7 Å². The highest BCUT2D eigenvalue weighted by molar-refractivity contribution is 5.65. The van der Waals surface area contributed by atoms with Gasteiger partial charge in [-0.3, -0.25) is 0 Å². The first kappa shape index (κ1) is 23.0. The smallest absolute Gasteiger partial charge is 0.0155 e. The summed E-state index contributed by atoms with van der Waals surface area (Å²) in [7, 11) is 1.50. The average molecular weight is 341 g/mol. The van der Waals surface area contributed by atoms with Crippen LogP contribution in [0.1, 0.15) is 58.1 Å². The van der Waals surface area contributed by atoms with Gasteiger partial charge in [-0.05, 0) is 50.3 Å². The van der Waals surface area contributed by atoms with Crippen LogP contribution in [0.2, 0.25) is 0 Å². The second kappa shape index (κ2) is 12.4. The monoisotopic (exact) mass is 340 g/mol. The Morgan fingerprint density at radius 3 is 2.48 bits per heavy atom. The highest BCUT2D eigenvalue weighted by Gasteiger charge is 2.32. The zero-order chi connectivity index (χ0) is 19.3. The van der Waals surface area contributed by atoms with Crippen LogP contribution in [-0.4, -0.2) is 13.6 Å². The van der Waals surface area contributed by atoms with E-state index >= 15 is 0 Å². The normalized spacial score (nSPS) is 16.7. The molecule has 0 aromatic heterocycles. The van der Waals surface area contributed by atoms with Crippen molar-refractivity contribution in [1.82, 2.24) is 5.32 Å². The maximum Gasteiger partial charge on any atom is 0.0155 e. The van der Waals surface area contributed by atoms with Crippen LogP contribution in [0.25, 0.3) is 6.08 Å². The third kappa shape index (κ3) is 7.20. The Labute approximate surface area is 155 Å². The Morgan fingerprint density at radius 1 is 1.32 bits per heavy atom. The summed E-state index contributed by atoms with van der Waals surface area (Å²) >= 11 is 0. The second-order valence-electron chi connectivity index (χ2n) is 6.60. The average Bonchev–Trinajstić information content (AvgIpc) is 2.96. The number of hydrogen-bond acceptors (Lipinski definition) is 2. The molecule has 1 atom stereocenters. The maximum atomic E-state index is 4.60. The van der Waals surface area contributed by atoms with E-state index in [1.54, 1.807) is 6.92 Å². The molecule has 2 nitrogen and oxygen atoms in total. The molecule has 0 radical (unpaired) electrons. The third-order valence-electron chi connectivity index (χ3n) is 4.31. The summed E-state index contributed by atoms with van der Waals surface area (Å²) in [4.78, 5) is 0. The first-order chi connectivity index (χ1) is 12.0. The fraction of sp³-hybridized carbons (Fsp3) is 0.478. The largest absolute Gasteiger partial charge is 0.389 e. The molecular formula is C23H36N2. The number of allylic oxidation sites excluding steroid dienone is 2. The van der Waals surface area contributed by atoms with E-state index in [9.17, 15) is 0 Å². The number of nitrogens with two attached hydrogens (primary N) is 1. The molecule has 0 bridgehead atoms. The van der Waals surface area contributed by atoms with Crippen LogP contribution in [0.4, 0.5) is 0 Å². The molecule has 2 heteroatoms. The molecule has 1 aromatic carbocycles. The molecule has 0 heterocycles. The first-order valence-electron chi connectivity index (χ1n) is 9.14. The minimum Gasteiger partial charge on any atom is -0.389 e. The Kier molecular flexibility index (Phi) is 11.4. The predicted octanol–water partition coefficient (Wildman–Crippen LogP) is 5.12. The molecule has 0 fully saturated rings. The molecule has 1 aliphatic carbocycles. The van der Waals surface area contributed by atoms with Gasteiger partial charge in [0.1, 0.15) is 0 Å². The number of fused-ring (bicyclic) bond motifs is 1. The highest BCUT2D eigenvalue weighted by Crippen LogP contribution is 2.41. The van der Waals surface area contributed by atoms with Crippen molar-refractivity contribution in [2.45, 2.75) is 52.4 Å². The van der Waals surface area contributed by atoms with E-state index in [0.29, 0.717) is 5.92 Å². The summed E-state index contributed by atoms with van der Waals surface area (Å²) < 4.78 is 0. The van der Waals surface area contributed by atoms with Crippen LogP contribution in [0, 0.1) is 18.3 Å². The molecule has 0 saturated carbocycles. The van der Waals surface area contributed by atoms with E-state index < -0.39 is 0 Å².